The van der Waals surface area contributed by atoms with Crippen LogP contribution < -0.4 is 9.47 Å². The van der Waals surface area contributed by atoms with E-state index < -0.39 is 0 Å². The molecule has 2 aromatic carbocycles. The summed E-state index contributed by atoms with van der Waals surface area (Å²) in [4.78, 5) is 10.8. The molecule has 0 aliphatic rings. The van der Waals surface area contributed by atoms with E-state index in [1.807, 2.05) is 0 Å². The molecule has 2 rings (SSSR count). The third-order valence-corrected chi connectivity index (χ3v) is 3.43. The largest absolute Gasteiger partial charge is 0.493 e. The van der Waals surface area contributed by atoms with Crippen molar-refractivity contribution in [3.8, 4) is 11.5 Å². The first kappa shape index (κ1) is 15.8. The van der Waals surface area contributed by atoms with Gasteiger partial charge in [0.05, 0.1) is 12.1 Å². The Kier molecular flexibility index (Phi) is 5.20. The molecule has 0 fully saturated rings. The number of benzene rings is 2. The third-order valence-electron chi connectivity index (χ3n) is 2.69. The molecule has 110 valence electrons. The minimum Gasteiger partial charge on any atom is -0.493 e. The van der Waals surface area contributed by atoms with Gasteiger partial charge in [-0.1, -0.05) is 27.5 Å². The van der Waals surface area contributed by atoms with E-state index in [0.29, 0.717) is 33.4 Å². The van der Waals surface area contributed by atoms with Gasteiger partial charge >= 0.3 is 0 Å². The van der Waals surface area contributed by atoms with E-state index in [0.717, 1.165) is 0 Å². The maximum atomic E-state index is 13.3. The zero-order chi connectivity index (χ0) is 15.4. The third kappa shape index (κ3) is 3.95. The number of carbonyl (C=O) groups is 1. The van der Waals surface area contributed by atoms with E-state index in [-0.39, 0.29) is 17.4 Å². The second kappa shape index (κ2) is 6.91. The van der Waals surface area contributed by atoms with Crippen LogP contribution in [0.5, 0.6) is 11.5 Å². The molecule has 6 heteroatoms. The second-order valence-electron chi connectivity index (χ2n) is 4.22. The average molecular weight is 374 g/mol. The summed E-state index contributed by atoms with van der Waals surface area (Å²) < 4.78 is 24.7. The number of carbonyl (C=O) groups excluding carboxylic acids is 1. The fraction of sp³-hybridized carbons (Fsp3) is 0.133. The Labute approximate surface area is 134 Å². The van der Waals surface area contributed by atoms with Gasteiger partial charge in [0.25, 0.3) is 0 Å². The van der Waals surface area contributed by atoms with Gasteiger partial charge < -0.3 is 9.47 Å². The molecule has 0 aromatic heterocycles. The molecule has 0 radical (unpaired) electrons. The van der Waals surface area contributed by atoms with Gasteiger partial charge in [-0.25, -0.2) is 4.39 Å². The lowest BCUT2D eigenvalue weighted by atomic mass is 10.2. The van der Waals surface area contributed by atoms with Crippen molar-refractivity contribution < 1.29 is 18.7 Å². The highest BCUT2D eigenvalue weighted by Gasteiger charge is 2.12. The van der Waals surface area contributed by atoms with Gasteiger partial charge in [0.15, 0.2) is 11.5 Å². The van der Waals surface area contributed by atoms with Crippen LogP contribution in [0.15, 0.2) is 34.8 Å². The maximum Gasteiger partial charge on any atom is 0.180 e. The van der Waals surface area contributed by atoms with Gasteiger partial charge in [0, 0.05) is 10.0 Å². The standard InChI is InChI=1S/C15H11BrClFO3/c1-20-14-5-9(7-19)4-13(17)15(14)21-8-10-2-11(16)6-12(18)3-10/h2-7H,8H2,1H3. The number of halogens is 3. The molecule has 0 aliphatic heterocycles. The first-order valence-electron chi connectivity index (χ1n) is 5.94. The van der Waals surface area contributed by atoms with Crippen LogP contribution in [0.1, 0.15) is 15.9 Å². The summed E-state index contributed by atoms with van der Waals surface area (Å²) in [6.07, 6.45) is 0.669. The summed E-state index contributed by atoms with van der Waals surface area (Å²) in [6, 6.07) is 7.47. The van der Waals surface area contributed by atoms with E-state index in [2.05, 4.69) is 15.9 Å². The summed E-state index contributed by atoms with van der Waals surface area (Å²) in [5, 5.41) is 0.256. The summed E-state index contributed by atoms with van der Waals surface area (Å²) in [5.74, 6) is 0.294. The van der Waals surface area contributed by atoms with Gasteiger partial charge in [-0.3, -0.25) is 4.79 Å². The van der Waals surface area contributed by atoms with Crippen molar-refractivity contribution in [2.75, 3.05) is 7.11 Å². The highest BCUT2D eigenvalue weighted by molar-refractivity contribution is 9.10. The highest BCUT2D eigenvalue weighted by Crippen LogP contribution is 2.36. The topological polar surface area (TPSA) is 35.5 Å². The maximum absolute atomic E-state index is 13.3. The molecule has 0 heterocycles. The average Bonchev–Trinajstić information content (AvgIpc) is 2.44. The molecule has 21 heavy (non-hydrogen) atoms. The molecule has 2 aromatic rings. The van der Waals surface area contributed by atoms with Crippen molar-refractivity contribution in [3.63, 3.8) is 0 Å². The molecule has 0 bridgehead atoms. The van der Waals surface area contributed by atoms with Crippen molar-refractivity contribution in [1.29, 1.82) is 0 Å². The highest BCUT2D eigenvalue weighted by atomic mass is 79.9. The van der Waals surface area contributed by atoms with Crippen LogP contribution in [0.4, 0.5) is 4.39 Å². The summed E-state index contributed by atoms with van der Waals surface area (Å²) in [6.45, 7) is 0.118. The van der Waals surface area contributed by atoms with Crippen LogP contribution in [0, 0.1) is 5.82 Å². The minimum absolute atomic E-state index is 0.118. The molecule has 0 atom stereocenters. The smallest absolute Gasteiger partial charge is 0.180 e. The van der Waals surface area contributed by atoms with Gasteiger partial charge in [0.2, 0.25) is 0 Å². The molecule has 0 spiro atoms. The quantitative estimate of drug-likeness (QED) is 0.716. The minimum atomic E-state index is -0.364. The van der Waals surface area contributed by atoms with Crippen molar-refractivity contribution in [2.24, 2.45) is 0 Å². The van der Waals surface area contributed by atoms with Crippen molar-refractivity contribution in [3.05, 3.63) is 56.8 Å². The summed E-state index contributed by atoms with van der Waals surface area (Å²) in [5.41, 5.74) is 1.03. The number of methoxy groups -OCH3 is 1. The lowest BCUT2D eigenvalue weighted by Crippen LogP contribution is -2.00. The Hall–Kier alpha value is -1.59. The normalized spacial score (nSPS) is 10.3. The van der Waals surface area contributed by atoms with E-state index >= 15 is 0 Å². The van der Waals surface area contributed by atoms with E-state index in [1.54, 1.807) is 6.07 Å². The monoisotopic (exact) mass is 372 g/mol. The Balaban J connectivity index is 2.25. The van der Waals surface area contributed by atoms with Crippen LogP contribution in [0.2, 0.25) is 5.02 Å². The molecule has 0 aliphatic carbocycles. The first-order valence-corrected chi connectivity index (χ1v) is 7.11. The Morgan fingerprint density at radius 1 is 1.29 bits per heavy atom. The Morgan fingerprint density at radius 3 is 2.67 bits per heavy atom. The van der Waals surface area contributed by atoms with Crippen LogP contribution >= 0.6 is 27.5 Å². The van der Waals surface area contributed by atoms with E-state index in [9.17, 15) is 9.18 Å². The molecule has 0 amide bonds. The predicted octanol–water partition coefficient (Wildman–Crippen LogP) is 4.64. The summed E-state index contributed by atoms with van der Waals surface area (Å²) >= 11 is 9.29. The molecule has 0 saturated carbocycles. The number of aldehydes is 1. The molecular formula is C15H11BrClFO3. The van der Waals surface area contributed by atoms with Crippen LogP contribution in [-0.2, 0) is 6.61 Å². The molecule has 0 saturated heterocycles. The summed E-state index contributed by atoms with van der Waals surface area (Å²) in [7, 11) is 1.45. The van der Waals surface area contributed by atoms with Crippen molar-refractivity contribution in [1.82, 2.24) is 0 Å². The number of hydrogen-bond acceptors (Lipinski definition) is 3. The Morgan fingerprint density at radius 2 is 2.05 bits per heavy atom. The lowest BCUT2D eigenvalue weighted by molar-refractivity contribution is 0.112. The lowest BCUT2D eigenvalue weighted by Gasteiger charge is -2.13. The van der Waals surface area contributed by atoms with Crippen LogP contribution in [0.3, 0.4) is 0 Å². The Bertz CT molecular complexity index is 656. The first-order chi connectivity index (χ1) is 10.0. The fourth-order valence-corrected chi connectivity index (χ4v) is 2.58. The van der Waals surface area contributed by atoms with Gasteiger partial charge in [0.1, 0.15) is 18.7 Å². The van der Waals surface area contributed by atoms with Crippen molar-refractivity contribution in [2.45, 2.75) is 6.61 Å². The molecule has 0 unspecified atom stereocenters. The van der Waals surface area contributed by atoms with E-state index in [4.69, 9.17) is 21.1 Å². The predicted molar refractivity (Wildman–Crippen MR) is 81.8 cm³/mol. The zero-order valence-corrected chi connectivity index (χ0v) is 13.4. The number of ether oxygens (including phenoxy) is 2. The molecule has 0 N–H and O–H groups in total. The second-order valence-corrected chi connectivity index (χ2v) is 5.54. The van der Waals surface area contributed by atoms with Gasteiger partial charge in [-0.15, -0.1) is 0 Å². The molecular weight excluding hydrogens is 363 g/mol. The van der Waals surface area contributed by atoms with Gasteiger partial charge in [-0.2, -0.15) is 0 Å². The number of hydrogen-bond donors (Lipinski definition) is 0. The molecule has 3 nitrogen and oxygen atoms in total. The van der Waals surface area contributed by atoms with Crippen LogP contribution in [0.25, 0.3) is 0 Å². The number of rotatable bonds is 5. The van der Waals surface area contributed by atoms with Crippen molar-refractivity contribution >= 4 is 33.8 Å². The van der Waals surface area contributed by atoms with E-state index in [1.165, 1.54) is 31.4 Å². The zero-order valence-electron chi connectivity index (χ0n) is 11.0. The SMILES string of the molecule is COc1cc(C=O)cc(Cl)c1OCc1cc(F)cc(Br)c1. The fourth-order valence-electron chi connectivity index (χ4n) is 1.80. The van der Waals surface area contributed by atoms with Crippen LogP contribution in [-0.4, -0.2) is 13.4 Å². The van der Waals surface area contributed by atoms with Gasteiger partial charge in [-0.05, 0) is 35.9 Å².